The fraction of sp³-hybridized carbons (Fsp3) is 0.333. The topological polar surface area (TPSA) is 58.2 Å². The van der Waals surface area contributed by atoms with Gasteiger partial charge in [0.15, 0.2) is 0 Å². The minimum atomic E-state index is -0.448. The van der Waals surface area contributed by atoms with Crippen LogP contribution >= 0.6 is 11.8 Å². The zero-order valence-electron chi connectivity index (χ0n) is 15.5. The van der Waals surface area contributed by atoms with Crippen molar-refractivity contribution >= 4 is 35.0 Å². The van der Waals surface area contributed by atoms with Crippen LogP contribution in [0.1, 0.15) is 33.3 Å². The quantitative estimate of drug-likeness (QED) is 0.827. The minimum absolute atomic E-state index is 0.0695. The van der Waals surface area contributed by atoms with Crippen LogP contribution in [0, 0.1) is 5.92 Å². The lowest BCUT2D eigenvalue weighted by Gasteiger charge is -2.27. The molecule has 1 aliphatic heterocycles. The Morgan fingerprint density at radius 3 is 2.42 bits per heavy atom. The van der Waals surface area contributed by atoms with Crippen molar-refractivity contribution in [2.24, 2.45) is 5.92 Å². The van der Waals surface area contributed by atoms with Crippen molar-refractivity contribution in [2.45, 2.75) is 43.3 Å². The average Bonchev–Trinajstić information content (AvgIpc) is 2.60. The number of para-hydroxylation sites is 1. The molecule has 1 heterocycles. The molecule has 0 bridgehead atoms. The Morgan fingerprint density at radius 2 is 1.77 bits per heavy atom. The van der Waals surface area contributed by atoms with Gasteiger partial charge in [-0.1, -0.05) is 52.0 Å². The molecule has 3 rings (SSSR count). The molecule has 5 heteroatoms. The molecule has 2 amide bonds. The molecule has 0 fully saturated rings. The third-order valence-corrected chi connectivity index (χ3v) is 6.03. The van der Waals surface area contributed by atoms with E-state index in [0.29, 0.717) is 0 Å². The highest BCUT2D eigenvalue weighted by Crippen LogP contribution is 2.38. The Kier molecular flexibility index (Phi) is 5.10. The third-order valence-electron chi connectivity index (χ3n) is 4.54. The zero-order chi connectivity index (χ0) is 18.9. The van der Waals surface area contributed by atoms with Crippen molar-refractivity contribution in [1.82, 2.24) is 0 Å². The third kappa shape index (κ3) is 3.93. The van der Waals surface area contributed by atoms with Gasteiger partial charge in [-0.15, -0.1) is 11.8 Å². The molecule has 0 saturated carbocycles. The van der Waals surface area contributed by atoms with Gasteiger partial charge >= 0.3 is 0 Å². The summed E-state index contributed by atoms with van der Waals surface area (Å²) in [5.74, 6) is -0.726. The van der Waals surface area contributed by atoms with Gasteiger partial charge in [-0.25, -0.2) is 0 Å². The molecule has 1 aliphatic rings. The van der Waals surface area contributed by atoms with E-state index in [2.05, 4.69) is 31.4 Å². The molecule has 4 nitrogen and oxygen atoms in total. The van der Waals surface area contributed by atoms with Gasteiger partial charge in [0.2, 0.25) is 11.8 Å². The van der Waals surface area contributed by atoms with E-state index in [1.807, 2.05) is 48.5 Å². The van der Waals surface area contributed by atoms with Gasteiger partial charge < -0.3 is 10.6 Å². The lowest BCUT2D eigenvalue weighted by Crippen LogP contribution is -2.39. The van der Waals surface area contributed by atoms with Gasteiger partial charge in [-0.05, 0) is 35.2 Å². The SMILES string of the molecule is CC(C(=O)Nc1ccc(C(C)(C)C)cc1)C1Sc2ccccc2NC1=O. The number of benzene rings is 2. The summed E-state index contributed by atoms with van der Waals surface area (Å²) in [6.45, 7) is 8.25. The van der Waals surface area contributed by atoms with E-state index in [4.69, 9.17) is 0 Å². The van der Waals surface area contributed by atoms with Crippen LogP contribution in [0.2, 0.25) is 0 Å². The number of amides is 2. The predicted molar refractivity (Wildman–Crippen MR) is 108 cm³/mol. The summed E-state index contributed by atoms with van der Waals surface area (Å²) in [5, 5.41) is 5.38. The van der Waals surface area contributed by atoms with E-state index >= 15 is 0 Å². The second-order valence-electron chi connectivity index (χ2n) is 7.63. The number of hydrogen-bond donors (Lipinski definition) is 2. The van der Waals surface area contributed by atoms with Gasteiger partial charge in [0, 0.05) is 10.6 Å². The Labute approximate surface area is 158 Å². The number of fused-ring (bicyclic) bond motifs is 1. The Bertz CT molecular complexity index is 825. The fourth-order valence-corrected chi connectivity index (χ4v) is 4.01. The molecular weight excluding hydrogens is 344 g/mol. The van der Waals surface area contributed by atoms with Crippen LogP contribution in [-0.2, 0) is 15.0 Å². The van der Waals surface area contributed by atoms with Crippen molar-refractivity contribution in [3.63, 3.8) is 0 Å². The second-order valence-corrected chi connectivity index (χ2v) is 8.81. The molecule has 2 unspecified atom stereocenters. The van der Waals surface area contributed by atoms with E-state index < -0.39 is 11.2 Å². The lowest BCUT2D eigenvalue weighted by molar-refractivity contribution is -0.123. The molecule has 2 aromatic carbocycles. The highest BCUT2D eigenvalue weighted by Gasteiger charge is 2.35. The first-order valence-electron chi connectivity index (χ1n) is 8.73. The maximum atomic E-state index is 12.6. The second kappa shape index (κ2) is 7.16. The highest BCUT2D eigenvalue weighted by molar-refractivity contribution is 8.01. The van der Waals surface area contributed by atoms with Gasteiger partial charge in [0.05, 0.1) is 16.9 Å². The van der Waals surface area contributed by atoms with Crippen LogP contribution < -0.4 is 10.6 Å². The number of carbonyl (C=O) groups excluding carboxylic acids is 2. The van der Waals surface area contributed by atoms with Crippen LogP contribution in [0.15, 0.2) is 53.4 Å². The number of hydrogen-bond acceptors (Lipinski definition) is 3. The zero-order valence-corrected chi connectivity index (χ0v) is 16.3. The van der Waals surface area contributed by atoms with E-state index in [1.54, 1.807) is 6.92 Å². The monoisotopic (exact) mass is 368 g/mol. The smallest absolute Gasteiger partial charge is 0.238 e. The summed E-state index contributed by atoms with van der Waals surface area (Å²) >= 11 is 1.45. The molecule has 26 heavy (non-hydrogen) atoms. The maximum Gasteiger partial charge on any atom is 0.238 e. The molecule has 0 aromatic heterocycles. The van der Waals surface area contributed by atoms with E-state index in [1.165, 1.54) is 17.3 Å². The van der Waals surface area contributed by atoms with Crippen LogP contribution in [0.4, 0.5) is 11.4 Å². The summed E-state index contributed by atoms with van der Waals surface area (Å²) in [6, 6.07) is 15.5. The highest BCUT2D eigenvalue weighted by atomic mass is 32.2. The molecule has 0 spiro atoms. The molecule has 2 N–H and O–H groups in total. The number of thioether (sulfide) groups is 1. The normalized spacial score (nSPS) is 17.8. The summed E-state index contributed by atoms with van der Waals surface area (Å²) in [7, 11) is 0. The largest absolute Gasteiger partial charge is 0.326 e. The molecular formula is C21H24N2O2S. The summed E-state index contributed by atoms with van der Waals surface area (Å²) < 4.78 is 0. The van der Waals surface area contributed by atoms with Crippen molar-refractivity contribution in [3.8, 4) is 0 Å². The maximum absolute atomic E-state index is 12.6. The Morgan fingerprint density at radius 1 is 1.12 bits per heavy atom. The van der Waals surface area contributed by atoms with Crippen molar-refractivity contribution in [1.29, 1.82) is 0 Å². The van der Waals surface area contributed by atoms with Gasteiger partial charge in [-0.3, -0.25) is 9.59 Å². The van der Waals surface area contributed by atoms with Crippen LogP contribution in [0.3, 0.4) is 0 Å². The van der Waals surface area contributed by atoms with Gasteiger partial charge in [-0.2, -0.15) is 0 Å². The first-order valence-corrected chi connectivity index (χ1v) is 9.61. The fourth-order valence-electron chi connectivity index (χ4n) is 2.84. The molecule has 0 radical (unpaired) electrons. The van der Waals surface area contributed by atoms with Crippen molar-refractivity contribution < 1.29 is 9.59 Å². The summed E-state index contributed by atoms with van der Waals surface area (Å²) in [6.07, 6.45) is 0. The van der Waals surface area contributed by atoms with E-state index in [-0.39, 0.29) is 17.2 Å². The first kappa shape index (κ1) is 18.5. The standard InChI is InChI=1S/C21H24N2O2S/c1-13(18-20(25)23-16-7-5-6-8-17(16)26-18)19(24)22-15-11-9-14(10-12-15)21(2,3)4/h5-13,18H,1-4H3,(H,22,24)(H,23,25). The van der Waals surface area contributed by atoms with Gasteiger partial charge in [0.25, 0.3) is 0 Å². The van der Waals surface area contributed by atoms with Crippen molar-refractivity contribution in [3.05, 3.63) is 54.1 Å². The predicted octanol–water partition coefficient (Wildman–Crippen LogP) is 4.67. The van der Waals surface area contributed by atoms with Crippen molar-refractivity contribution in [2.75, 3.05) is 10.6 Å². The molecule has 2 atom stereocenters. The van der Waals surface area contributed by atoms with Crippen LogP contribution in [-0.4, -0.2) is 17.1 Å². The van der Waals surface area contributed by atoms with Gasteiger partial charge in [0.1, 0.15) is 0 Å². The number of anilines is 2. The van der Waals surface area contributed by atoms with E-state index in [9.17, 15) is 9.59 Å². The first-order chi connectivity index (χ1) is 12.3. The Hall–Kier alpha value is -2.27. The number of carbonyl (C=O) groups is 2. The van der Waals surface area contributed by atoms with E-state index in [0.717, 1.165) is 16.3 Å². The molecule has 0 aliphatic carbocycles. The van der Waals surface area contributed by atoms with Crippen LogP contribution in [0.25, 0.3) is 0 Å². The molecule has 2 aromatic rings. The number of nitrogens with one attached hydrogen (secondary N) is 2. The Balaban J connectivity index is 1.69. The minimum Gasteiger partial charge on any atom is -0.326 e. The molecule has 136 valence electrons. The summed E-state index contributed by atoms with van der Waals surface area (Å²) in [5.41, 5.74) is 2.84. The lowest BCUT2D eigenvalue weighted by atomic mass is 9.87. The van der Waals surface area contributed by atoms with Crippen LogP contribution in [0.5, 0.6) is 0 Å². The summed E-state index contributed by atoms with van der Waals surface area (Å²) in [4.78, 5) is 26.0. The number of rotatable bonds is 3. The molecule has 0 saturated heterocycles. The average molecular weight is 369 g/mol.